The normalized spacial score (nSPS) is 26.0. The fourth-order valence-corrected chi connectivity index (χ4v) is 3.27. The van der Waals surface area contributed by atoms with Gasteiger partial charge in [-0.3, -0.25) is 4.79 Å². The second kappa shape index (κ2) is 6.56. The van der Waals surface area contributed by atoms with Gasteiger partial charge in [-0.2, -0.15) is 0 Å². The van der Waals surface area contributed by atoms with Crippen LogP contribution in [0.15, 0.2) is 24.3 Å². The van der Waals surface area contributed by atoms with E-state index in [1.54, 1.807) is 13.2 Å². The van der Waals surface area contributed by atoms with Crippen LogP contribution in [0.3, 0.4) is 0 Å². The van der Waals surface area contributed by atoms with Crippen molar-refractivity contribution in [2.45, 2.75) is 12.0 Å². The van der Waals surface area contributed by atoms with Gasteiger partial charge in [-0.1, -0.05) is 12.1 Å². The lowest BCUT2D eigenvalue weighted by molar-refractivity contribution is -0.0885. The molecule has 5 heteroatoms. The van der Waals surface area contributed by atoms with E-state index >= 15 is 0 Å². The van der Waals surface area contributed by atoms with E-state index in [0.717, 1.165) is 31.6 Å². The van der Waals surface area contributed by atoms with Gasteiger partial charge in [-0.15, -0.1) is 0 Å². The Labute approximate surface area is 126 Å². The van der Waals surface area contributed by atoms with E-state index in [1.165, 1.54) is 0 Å². The number of ether oxygens (including phenoxy) is 1. The molecule has 1 amide bonds. The van der Waals surface area contributed by atoms with Gasteiger partial charge in [-0.25, -0.2) is 0 Å². The summed E-state index contributed by atoms with van der Waals surface area (Å²) < 4.78 is 5.99. The standard InChI is InChI=1S/C16H25N3O2/c1-19(2)11-14-10-18-8-7-16(14,21-3)13-6-4-5-12(9-13)15(17)20/h4-6,9,14,18H,7-8,10-11H2,1-3H3,(H2,17,20)/t14-,16+/m1/s1. The molecule has 21 heavy (non-hydrogen) atoms. The first kappa shape index (κ1) is 15.9. The fourth-order valence-electron chi connectivity index (χ4n) is 3.27. The Morgan fingerprint density at radius 3 is 2.90 bits per heavy atom. The quantitative estimate of drug-likeness (QED) is 0.842. The number of methoxy groups -OCH3 is 1. The van der Waals surface area contributed by atoms with Gasteiger partial charge in [0, 0.05) is 31.7 Å². The molecule has 1 saturated heterocycles. The number of rotatable bonds is 5. The maximum Gasteiger partial charge on any atom is 0.248 e. The van der Waals surface area contributed by atoms with Crippen LogP contribution in [-0.4, -0.2) is 51.6 Å². The first-order valence-electron chi connectivity index (χ1n) is 7.30. The second-order valence-electron chi connectivity index (χ2n) is 5.95. The van der Waals surface area contributed by atoms with Crippen molar-refractivity contribution < 1.29 is 9.53 Å². The molecular formula is C16H25N3O2. The van der Waals surface area contributed by atoms with Crippen molar-refractivity contribution in [3.63, 3.8) is 0 Å². The van der Waals surface area contributed by atoms with Crippen LogP contribution in [0.2, 0.25) is 0 Å². The number of primary amides is 1. The Kier molecular flexibility index (Phi) is 4.98. The predicted molar refractivity (Wildman–Crippen MR) is 83.2 cm³/mol. The van der Waals surface area contributed by atoms with E-state index in [0.29, 0.717) is 11.5 Å². The molecule has 0 saturated carbocycles. The molecule has 0 bridgehead atoms. The minimum Gasteiger partial charge on any atom is -0.373 e. The monoisotopic (exact) mass is 291 g/mol. The number of hydrogen-bond acceptors (Lipinski definition) is 4. The van der Waals surface area contributed by atoms with Crippen LogP contribution in [0, 0.1) is 5.92 Å². The zero-order chi connectivity index (χ0) is 15.5. The predicted octanol–water partition coefficient (Wildman–Crippen LogP) is 0.798. The first-order chi connectivity index (χ1) is 9.99. The van der Waals surface area contributed by atoms with Gasteiger partial charge >= 0.3 is 0 Å². The molecule has 1 aromatic rings. The SMILES string of the molecule is CO[C@]1(c2cccc(C(N)=O)c2)CCNC[C@@H]1CN(C)C. The number of hydrogen-bond donors (Lipinski definition) is 2. The summed E-state index contributed by atoms with van der Waals surface area (Å²) in [5.74, 6) is -0.0874. The van der Waals surface area contributed by atoms with Crippen LogP contribution in [0.1, 0.15) is 22.3 Å². The molecule has 0 unspecified atom stereocenters. The van der Waals surface area contributed by atoms with Gasteiger partial charge < -0.3 is 20.7 Å². The Hall–Kier alpha value is -1.43. The Morgan fingerprint density at radius 2 is 2.29 bits per heavy atom. The highest BCUT2D eigenvalue weighted by molar-refractivity contribution is 5.92. The van der Waals surface area contributed by atoms with Crippen LogP contribution in [0.5, 0.6) is 0 Å². The molecule has 1 aromatic carbocycles. The number of nitrogens with zero attached hydrogens (tertiary/aromatic N) is 1. The third-order valence-electron chi connectivity index (χ3n) is 4.31. The van der Waals surface area contributed by atoms with Crippen molar-refractivity contribution in [3.8, 4) is 0 Å². The van der Waals surface area contributed by atoms with E-state index in [9.17, 15) is 4.79 Å². The van der Waals surface area contributed by atoms with Crippen LogP contribution in [0.25, 0.3) is 0 Å². The zero-order valence-corrected chi connectivity index (χ0v) is 13.1. The third kappa shape index (κ3) is 3.26. The minimum absolute atomic E-state index is 0.314. The largest absolute Gasteiger partial charge is 0.373 e. The molecule has 1 fully saturated rings. The van der Waals surface area contributed by atoms with Gasteiger partial charge in [-0.05, 0) is 44.8 Å². The van der Waals surface area contributed by atoms with Gasteiger partial charge in [0.15, 0.2) is 0 Å². The van der Waals surface area contributed by atoms with Crippen molar-refractivity contribution >= 4 is 5.91 Å². The summed E-state index contributed by atoms with van der Waals surface area (Å²) in [5, 5.41) is 3.44. The van der Waals surface area contributed by atoms with Gasteiger partial charge in [0.05, 0.1) is 5.60 Å². The molecule has 0 aromatic heterocycles. The average Bonchev–Trinajstić information content (AvgIpc) is 2.47. The molecule has 1 heterocycles. The van der Waals surface area contributed by atoms with Crippen molar-refractivity contribution in [1.29, 1.82) is 0 Å². The lowest BCUT2D eigenvalue weighted by Crippen LogP contribution is -2.52. The highest BCUT2D eigenvalue weighted by Crippen LogP contribution is 2.39. The zero-order valence-electron chi connectivity index (χ0n) is 13.1. The van der Waals surface area contributed by atoms with Crippen LogP contribution >= 0.6 is 0 Å². The lowest BCUT2D eigenvalue weighted by Gasteiger charge is -2.45. The summed E-state index contributed by atoms with van der Waals surface area (Å²) in [5.41, 5.74) is 6.61. The van der Waals surface area contributed by atoms with Crippen molar-refractivity contribution in [1.82, 2.24) is 10.2 Å². The number of piperidine rings is 1. The fraction of sp³-hybridized carbons (Fsp3) is 0.562. The third-order valence-corrected chi connectivity index (χ3v) is 4.31. The molecule has 0 radical (unpaired) electrons. The average molecular weight is 291 g/mol. The molecule has 2 rings (SSSR count). The van der Waals surface area contributed by atoms with Gasteiger partial charge in [0.2, 0.25) is 5.91 Å². The van der Waals surface area contributed by atoms with Crippen LogP contribution in [-0.2, 0) is 10.3 Å². The van der Waals surface area contributed by atoms with E-state index in [4.69, 9.17) is 10.5 Å². The summed E-state index contributed by atoms with van der Waals surface area (Å²) >= 11 is 0. The van der Waals surface area contributed by atoms with Gasteiger partial charge in [0.1, 0.15) is 0 Å². The second-order valence-corrected chi connectivity index (χ2v) is 5.95. The maximum atomic E-state index is 11.4. The van der Waals surface area contributed by atoms with Crippen molar-refractivity contribution in [2.24, 2.45) is 11.7 Å². The number of carbonyl (C=O) groups excluding carboxylic acids is 1. The molecule has 0 spiro atoms. The molecule has 3 N–H and O–H groups in total. The molecular weight excluding hydrogens is 266 g/mol. The Bertz CT molecular complexity index is 504. The maximum absolute atomic E-state index is 11.4. The van der Waals surface area contributed by atoms with E-state index < -0.39 is 5.91 Å². The Morgan fingerprint density at radius 1 is 1.52 bits per heavy atom. The van der Waals surface area contributed by atoms with Crippen molar-refractivity contribution in [2.75, 3.05) is 40.8 Å². The highest BCUT2D eigenvalue weighted by Gasteiger charge is 2.42. The molecule has 2 atom stereocenters. The molecule has 0 aliphatic carbocycles. The first-order valence-corrected chi connectivity index (χ1v) is 7.30. The topological polar surface area (TPSA) is 67.6 Å². The smallest absolute Gasteiger partial charge is 0.248 e. The van der Waals surface area contributed by atoms with E-state index in [2.05, 4.69) is 24.3 Å². The molecule has 116 valence electrons. The van der Waals surface area contributed by atoms with E-state index in [1.807, 2.05) is 18.2 Å². The summed E-state index contributed by atoms with van der Waals surface area (Å²) in [6.45, 7) is 2.72. The molecule has 5 nitrogen and oxygen atoms in total. The molecule has 1 aliphatic rings. The highest BCUT2D eigenvalue weighted by atomic mass is 16.5. The van der Waals surface area contributed by atoms with Crippen LogP contribution < -0.4 is 11.1 Å². The van der Waals surface area contributed by atoms with Crippen LogP contribution in [0.4, 0.5) is 0 Å². The lowest BCUT2D eigenvalue weighted by atomic mass is 9.75. The number of amides is 1. The number of carbonyl (C=O) groups is 1. The summed E-state index contributed by atoms with van der Waals surface area (Å²) in [6, 6.07) is 7.53. The minimum atomic E-state index is -0.402. The van der Waals surface area contributed by atoms with Crippen molar-refractivity contribution in [3.05, 3.63) is 35.4 Å². The van der Waals surface area contributed by atoms with E-state index in [-0.39, 0.29) is 5.60 Å². The Balaban J connectivity index is 2.42. The summed E-state index contributed by atoms with van der Waals surface area (Å²) in [4.78, 5) is 13.6. The van der Waals surface area contributed by atoms with Gasteiger partial charge in [0.25, 0.3) is 0 Å². The summed E-state index contributed by atoms with van der Waals surface area (Å²) in [6.07, 6.45) is 0.879. The summed E-state index contributed by atoms with van der Waals surface area (Å²) in [7, 11) is 5.88. The molecule has 1 aliphatic heterocycles. The number of nitrogens with two attached hydrogens (primary N) is 1. The number of nitrogens with one attached hydrogen (secondary N) is 1. The number of benzene rings is 1.